The summed E-state index contributed by atoms with van der Waals surface area (Å²) in [5.41, 5.74) is 12.2. The smallest absolute Gasteiger partial charge is 0.121 e. The second-order valence-electron chi connectivity index (χ2n) is 4.47. The summed E-state index contributed by atoms with van der Waals surface area (Å²) in [5.74, 6) is 1.45. The van der Waals surface area contributed by atoms with Gasteiger partial charge in [0.15, 0.2) is 0 Å². The van der Waals surface area contributed by atoms with Crippen LogP contribution in [-0.2, 0) is 0 Å². The standard InChI is InChI=1S/C16H20N4O2/c17-7-9-21-15-5-1-3-13(11-15)19-20-14-4-2-6-16(12-14)22-10-8-18/h1-6,11-12H,7-10,17-18H2. The van der Waals surface area contributed by atoms with Crippen LogP contribution in [0.25, 0.3) is 0 Å². The molecule has 6 nitrogen and oxygen atoms in total. The lowest BCUT2D eigenvalue weighted by Crippen LogP contribution is -2.10. The van der Waals surface area contributed by atoms with Gasteiger partial charge in [0, 0.05) is 25.2 Å². The Morgan fingerprint density at radius 1 is 0.727 bits per heavy atom. The van der Waals surface area contributed by atoms with Crippen LogP contribution >= 0.6 is 0 Å². The van der Waals surface area contributed by atoms with Crippen molar-refractivity contribution in [2.75, 3.05) is 26.3 Å². The predicted molar refractivity (Wildman–Crippen MR) is 86.2 cm³/mol. The zero-order valence-corrected chi connectivity index (χ0v) is 12.3. The minimum atomic E-state index is 0.473. The number of benzene rings is 2. The van der Waals surface area contributed by atoms with E-state index in [1.807, 2.05) is 48.5 Å². The summed E-state index contributed by atoms with van der Waals surface area (Å²) in [6.07, 6.45) is 0. The van der Waals surface area contributed by atoms with Crippen molar-refractivity contribution in [1.82, 2.24) is 0 Å². The van der Waals surface area contributed by atoms with Gasteiger partial charge in [-0.2, -0.15) is 10.2 Å². The first-order valence-corrected chi connectivity index (χ1v) is 7.09. The molecule has 0 aliphatic heterocycles. The second kappa shape index (κ2) is 8.76. The number of nitrogens with two attached hydrogens (primary N) is 2. The average molecular weight is 300 g/mol. The zero-order valence-electron chi connectivity index (χ0n) is 12.3. The topological polar surface area (TPSA) is 95.2 Å². The number of ether oxygens (including phenoxy) is 2. The fraction of sp³-hybridized carbons (Fsp3) is 0.250. The molecule has 0 saturated heterocycles. The fourth-order valence-corrected chi connectivity index (χ4v) is 1.74. The van der Waals surface area contributed by atoms with E-state index in [9.17, 15) is 0 Å². The Bertz CT molecular complexity index is 563. The maximum Gasteiger partial charge on any atom is 0.121 e. The van der Waals surface area contributed by atoms with Gasteiger partial charge in [-0.15, -0.1) is 0 Å². The number of azo groups is 1. The average Bonchev–Trinajstić information content (AvgIpc) is 2.57. The first-order valence-electron chi connectivity index (χ1n) is 7.09. The molecule has 0 atom stereocenters. The minimum Gasteiger partial charge on any atom is -0.492 e. The summed E-state index contributed by atoms with van der Waals surface area (Å²) in [4.78, 5) is 0. The molecule has 2 aromatic rings. The molecule has 0 aliphatic carbocycles. The Morgan fingerprint density at radius 2 is 1.18 bits per heavy atom. The van der Waals surface area contributed by atoms with Gasteiger partial charge >= 0.3 is 0 Å². The van der Waals surface area contributed by atoms with Gasteiger partial charge in [-0.3, -0.25) is 0 Å². The van der Waals surface area contributed by atoms with Crippen LogP contribution in [0, 0.1) is 0 Å². The van der Waals surface area contributed by atoms with Gasteiger partial charge < -0.3 is 20.9 Å². The molecule has 0 saturated carbocycles. The summed E-state index contributed by atoms with van der Waals surface area (Å²) in [7, 11) is 0. The molecule has 0 bridgehead atoms. The first kappa shape index (κ1) is 15.9. The summed E-state index contributed by atoms with van der Waals surface area (Å²) < 4.78 is 10.9. The van der Waals surface area contributed by atoms with E-state index < -0.39 is 0 Å². The van der Waals surface area contributed by atoms with Crippen LogP contribution in [0.5, 0.6) is 11.5 Å². The van der Waals surface area contributed by atoms with E-state index in [2.05, 4.69) is 10.2 Å². The summed E-state index contributed by atoms with van der Waals surface area (Å²) >= 11 is 0. The Hall–Kier alpha value is -2.44. The molecule has 116 valence electrons. The monoisotopic (exact) mass is 300 g/mol. The molecule has 0 radical (unpaired) electrons. The van der Waals surface area contributed by atoms with Crippen molar-refractivity contribution in [1.29, 1.82) is 0 Å². The van der Waals surface area contributed by atoms with Crippen molar-refractivity contribution in [3.8, 4) is 11.5 Å². The maximum atomic E-state index is 5.45. The van der Waals surface area contributed by atoms with Gasteiger partial charge in [-0.1, -0.05) is 12.1 Å². The van der Waals surface area contributed by atoms with E-state index >= 15 is 0 Å². The second-order valence-corrected chi connectivity index (χ2v) is 4.47. The van der Waals surface area contributed by atoms with Crippen LogP contribution in [0.2, 0.25) is 0 Å². The van der Waals surface area contributed by atoms with E-state index in [1.165, 1.54) is 0 Å². The largest absolute Gasteiger partial charge is 0.492 e. The van der Waals surface area contributed by atoms with E-state index in [0.717, 1.165) is 11.5 Å². The van der Waals surface area contributed by atoms with Crippen molar-refractivity contribution in [2.24, 2.45) is 21.7 Å². The van der Waals surface area contributed by atoms with Gasteiger partial charge in [-0.05, 0) is 24.3 Å². The highest BCUT2D eigenvalue weighted by molar-refractivity contribution is 5.46. The quantitative estimate of drug-likeness (QED) is 0.733. The summed E-state index contributed by atoms with van der Waals surface area (Å²) in [6.45, 7) is 1.89. The minimum absolute atomic E-state index is 0.473. The predicted octanol–water partition coefficient (Wildman–Crippen LogP) is 2.78. The highest BCUT2D eigenvalue weighted by atomic mass is 16.5. The molecule has 2 rings (SSSR count). The van der Waals surface area contributed by atoms with Crippen LogP contribution in [-0.4, -0.2) is 26.3 Å². The molecule has 6 heteroatoms. The van der Waals surface area contributed by atoms with E-state index in [1.54, 1.807) is 0 Å². The molecule has 0 heterocycles. The molecule has 0 unspecified atom stereocenters. The van der Waals surface area contributed by atoms with Gasteiger partial charge in [0.25, 0.3) is 0 Å². The van der Waals surface area contributed by atoms with E-state index in [-0.39, 0.29) is 0 Å². The Labute approximate surface area is 129 Å². The molecule has 4 N–H and O–H groups in total. The molecule has 0 fully saturated rings. The molecule has 0 spiro atoms. The van der Waals surface area contributed by atoms with Gasteiger partial charge in [0.2, 0.25) is 0 Å². The lowest BCUT2D eigenvalue weighted by molar-refractivity contribution is 0.328. The third-order valence-corrected chi connectivity index (χ3v) is 2.69. The van der Waals surface area contributed by atoms with Crippen molar-refractivity contribution >= 4 is 11.4 Å². The van der Waals surface area contributed by atoms with Crippen LogP contribution < -0.4 is 20.9 Å². The molecule has 0 amide bonds. The van der Waals surface area contributed by atoms with Crippen molar-refractivity contribution in [2.45, 2.75) is 0 Å². The molecule has 0 aromatic heterocycles. The molecular formula is C16H20N4O2. The van der Waals surface area contributed by atoms with Gasteiger partial charge in [0.1, 0.15) is 24.7 Å². The highest BCUT2D eigenvalue weighted by Gasteiger charge is 1.98. The third kappa shape index (κ3) is 5.16. The van der Waals surface area contributed by atoms with Crippen LogP contribution in [0.3, 0.4) is 0 Å². The lowest BCUT2D eigenvalue weighted by atomic mass is 10.3. The number of rotatable bonds is 8. The maximum absolute atomic E-state index is 5.45. The normalized spacial score (nSPS) is 10.8. The van der Waals surface area contributed by atoms with Crippen LogP contribution in [0.4, 0.5) is 11.4 Å². The third-order valence-electron chi connectivity index (χ3n) is 2.69. The molecule has 22 heavy (non-hydrogen) atoms. The Kier molecular flexibility index (Phi) is 6.35. The van der Waals surface area contributed by atoms with Crippen molar-refractivity contribution < 1.29 is 9.47 Å². The molecule has 2 aromatic carbocycles. The lowest BCUT2D eigenvalue weighted by Gasteiger charge is -2.05. The van der Waals surface area contributed by atoms with Crippen LogP contribution in [0.15, 0.2) is 58.8 Å². The number of hydrogen-bond acceptors (Lipinski definition) is 6. The summed E-state index contributed by atoms with van der Waals surface area (Å²) in [5, 5.41) is 8.40. The number of nitrogens with zero attached hydrogens (tertiary/aromatic N) is 2. The van der Waals surface area contributed by atoms with E-state index in [0.29, 0.717) is 37.7 Å². The Morgan fingerprint density at radius 3 is 1.59 bits per heavy atom. The van der Waals surface area contributed by atoms with Gasteiger partial charge in [0.05, 0.1) is 11.4 Å². The highest BCUT2D eigenvalue weighted by Crippen LogP contribution is 2.24. The molecular weight excluding hydrogens is 280 g/mol. The van der Waals surface area contributed by atoms with Crippen LogP contribution in [0.1, 0.15) is 0 Å². The molecule has 0 aliphatic rings. The summed E-state index contributed by atoms with van der Waals surface area (Å²) in [6, 6.07) is 14.8. The van der Waals surface area contributed by atoms with Gasteiger partial charge in [-0.25, -0.2) is 0 Å². The SMILES string of the molecule is NCCOc1cccc(N=Nc2cccc(OCCN)c2)c1. The van der Waals surface area contributed by atoms with Crippen molar-refractivity contribution in [3.05, 3.63) is 48.5 Å². The van der Waals surface area contributed by atoms with Crippen molar-refractivity contribution in [3.63, 3.8) is 0 Å². The fourth-order valence-electron chi connectivity index (χ4n) is 1.74. The Balaban J connectivity index is 2.04. The van der Waals surface area contributed by atoms with E-state index in [4.69, 9.17) is 20.9 Å². The zero-order chi connectivity index (χ0) is 15.6. The first-order chi connectivity index (χ1) is 10.8. The number of hydrogen-bond donors (Lipinski definition) is 2.